The van der Waals surface area contributed by atoms with Crippen molar-refractivity contribution >= 4 is 17.7 Å². The standard InChI is InChI=1S/C23H35N3O5/c1-5-8-13-25(12-7-3)22(30)19-23-10-9-16(31-23)17(20(28)24(4)11-6-2)18(23)21(29)26(19)14-15-27/h6-7,16-19,27H,2-3,5,8-15H2,1,4H3/t16-,17+,18-,19?,23?/m0/s1. The third-order valence-electron chi connectivity index (χ3n) is 6.88. The third kappa shape index (κ3) is 3.80. The number of ether oxygens (including phenoxy) is 1. The summed E-state index contributed by atoms with van der Waals surface area (Å²) < 4.78 is 6.37. The van der Waals surface area contributed by atoms with Gasteiger partial charge in [-0.05, 0) is 19.3 Å². The number of likely N-dealkylation sites (tertiary alicyclic amines) is 1. The topological polar surface area (TPSA) is 90.4 Å². The van der Waals surface area contributed by atoms with Crippen molar-refractivity contribution in [2.75, 3.05) is 39.8 Å². The highest BCUT2D eigenvalue weighted by molar-refractivity contribution is 5.99. The van der Waals surface area contributed by atoms with Crippen LogP contribution in [0.3, 0.4) is 0 Å². The van der Waals surface area contributed by atoms with E-state index < -0.39 is 23.5 Å². The van der Waals surface area contributed by atoms with Gasteiger partial charge in [0.2, 0.25) is 17.7 Å². The van der Waals surface area contributed by atoms with Crippen molar-refractivity contribution < 1.29 is 24.2 Å². The van der Waals surface area contributed by atoms with Gasteiger partial charge in [-0.1, -0.05) is 25.5 Å². The Kier molecular flexibility index (Phi) is 7.21. The summed E-state index contributed by atoms with van der Waals surface area (Å²) >= 11 is 0. The monoisotopic (exact) mass is 433 g/mol. The smallest absolute Gasteiger partial charge is 0.248 e. The second kappa shape index (κ2) is 9.53. The first-order valence-corrected chi connectivity index (χ1v) is 11.2. The van der Waals surface area contributed by atoms with Crippen LogP contribution >= 0.6 is 0 Å². The number of fused-ring (bicyclic) bond motifs is 1. The highest BCUT2D eigenvalue weighted by atomic mass is 16.5. The maximum absolute atomic E-state index is 13.7. The van der Waals surface area contributed by atoms with Crippen molar-refractivity contribution in [2.45, 2.75) is 50.4 Å². The van der Waals surface area contributed by atoms with Crippen LogP contribution in [0.4, 0.5) is 0 Å². The Morgan fingerprint density at radius 1 is 1.29 bits per heavy atom. The number of carbonyl (C=O) groups is 3. The summed E-state index contributed by atoms with van der Waals surface area (Å²) in [6.45, 7) is 10.6. The Hall–Kier alpha value is -2.19. The number of rotatable bonds is 11. The molecule has 0 aromatic carbocycles. The molecule has 3 amide bonds. The molecule has 172 valence electrons. The lowest BCUT2D eigenvalue weighted by molar-refractivity contribution is -0.148. The molecule has 0 aliphatic carbocycles. The Bertz CT molecular complexity index is 741. The number of likely N-dealkylation sites (N-methyl/N-ethyl adjacent to an activating group) is 1. The molecule has 0 aromatic heterocycles. The number of unbranched alkanes of at least 4 members (excludes halogenated alkanes) is 1. The Labute approximate surface area is 184 Å². The predicted molar refractivity (Wildman–Crippen MR) is 116 cm³/mol. The van der Waals surface area contributed by atoms with E-state index in [1.807, 2.05) is 0 Å². The fourth-order valence-electron chi connectivity index (χ4n) is 5.57. The highest BCUT2D eigenvalue weighted by Crippen LogP contribution is 2.58. The van der Waals surface area contributed by atoms with Crippen molar-refractivity contribution in [1.82, 2.24) is 14.7 Å². The highest BCUT2D eigenvalue weighted by Gasteiger charge is 2.74. The maximum Gasteiger partial charge on any atom is 0.248 e. The molecule has 3 rings (SSSR count). The van der Waals surface area contributed by atoms with Crippen LogP contribution in [0.25, 0.3) is 0 Å². The van der Waals surface area contributed by atoms with E-state index in [0.717, 1.165) is 12.8 Å². The van der Waals surface area contributed by atoms with Crippen LogP contribution in [-0.4, -0.2) is 95.1 Å². The van der Waals surface area contributed by atoms with Gasteiger partial charge in [0.15, 0.2) is 0 Å². The first-order valence-electron chi connectivity index (χ1n) is 11.2. The van der Waals surface area contributed by atoms with Gasteiger partial charge in [-0.2, -0.15) is 0 Å². The molecule has 8 nitrogen and oxygen atoms in total. The largest absolute Gasteiger partial charge is 0.395 e. The minimum Gasteiger partial charge on any atom is -0.395 e. The normalized spacial score (nSPS) is 30.9. The summed E-state index contributed by atoms with van der Waals surface area (Å²) in [7, 11) is 1.69. The molecule has 0 aromatic rings. The van der Waals surface area contributed by atoms with E-state index in [-0.39, 0.29) is 37.0 Å². The number of aliphatic hydroxyl groups is 1. The molecule has 0 radical (unpaired) electrons. The molecule has 1 N–H and O–H groups in total. The van der Waals surface area contributed by atoms with Gasteiger partial charge >= 0.3 is 0 Å². The van der Waals surface area contributed by atoms with Crippen molar-refractivity contribution in [3.8, 4) is 0 Å². The van der Waals surface area contributed by atoms with Crippen LogP contribution in [0.2, 0.25) is 0 Å². The zero-order chi connectivity index (χ0) is 22.8. The van der Waals surface area contributed by atoms with Crippen LogP contribution in [-0.2, 0) is 19.1 Å². The molecule has 3 fully saturated rings. The molecule has 8 heteroatoms. The summed E-state index contributed by atoms with van der Waals surface area (Å²) in [6, 6.07) is -0.832. The Morgan fingerprint density at radius 3 is 2.61 bits per heavy atom. The number of nitrogens with zero attached hydrogens (tertiary/aromatic N) is 3. The fourth-order valence-corrected chi connectivity index (χ4v) is 5.57. The predicted octanol–water partition coefficient (Wildman–Crippen LogP) is 0.812. The van der Waals surface area contributed by atoms with E-state index in [4.69, 9.17) is 4.74 Å². The van der Waals surface area contributed by atoms with Crippen molar-refractivity contribution in [1.29, 1.82) is 0 Å². The quantitative estimate of drug-likeness (QED) is 0.487. The lowest BCUT2D eigenvalue weighted by Gasteiger charge is -2.36. The van der Waals surface area contributed by atoms with Crippen LogP contribution in [0, 0.1) is 11.8 Å². The number of hydrogen-bond acceptors (Lipinski definition) is 5. The molecule has 3 heterocycles. The number of amides is 3. The van der Waals surface area contributed by atoms with Gasteiger partial charge in [0.05, 0.1) is 24.5 Å². The third-order valence-corrected chi connectivity index (χ3v) is 6.88. The van der Waals surface area contributed by atoms with Crippen LogP contribution < -0.4 is 0 Å². The molecule has 3 aliphatic heterocycles. The maximum atomic E-state index is 13.7. The number of aliphatic hydroxyl groups excluding tert-OH is 1. The molecule has 2 unspecified atom stereocenters. The van der Waals surface area contributed by atoms with Gasteiger partial charge in [-0.25, -0.2) is 0 Å². The number of hydrogen-bond donors (Lipinski definition) is 1. The second-order valence-electron chi connectivity index (χ2n) is 8.75. The molecule has 31 heavy (non-hydrogen) atoms. The minimum absolute atomic E-state index is 0.0423. The fraction of sp³-hybridized carbons (Fsp3) is 0.696. The molecule has 3 saturated heterocycles. The zero-order valence-corrected chi connectivity index (χ0v) is 18.7. The lowest BCUT2D eigenvalue weighted by Crippen LogP contribution is -2.56. The molecule has 3 aliphatic rings. The van der Waals surface area contributed by atoms with Gasteiger partial charge in [0, 0.05) is 33.2 Å². The van der Waals surface area contributed by atoms with E-state index in [1.165, 1.54) is 4.90 Å². The van der Waals surface area contributed by atoms with Gasteiger partial charge in [0.25, 0.3) is 0 Å². The van der Waals surface area contributed by atoms with Gasteiger partial charge in [0.1, 0.15) is 11.6 Å². The van der Waals surface area contributed by atoms with Gasteiger partial charge < -0.3 is 24.5 Å². The molecule has 0 saturated carbocycles. The SMILES string of the molecule is C=CCN(C)C(=O)[C@@H]1[C@@H]2CCC3(O2)C(C(=O)N(CC=C)CCCC)N(CCO)C(=O)[C@H]13. The first-order chi connectivity index (χ1) is 14.9. The molecule has 5 atom stereocenters. The van der Waals surface area contributed by atoms with E-state index in [0.29, 0.717) is 32.5 Å². The summed E-state index contributed by atoms with van der Waals surface area (Å²) in [4.78, 5) is 45.2. The van der Waals surface area contributed by atoms with E-state index >= 15 is 0 Å². The zero-order valence-electron chi connectivity index (χ0n) is 18.7. The summed E-state index contributed by atoms with van der Waals surface area (Å²) in [6.07, 6.45) is 5.91. The van der Waals surface area contributed by atoms with Crippen LogP contribution in [0.15, 0.2) is 25.3 Å². The molecule has 2 bridgehead atoms. The first kappa shape index (κ1) is 23.5. The van der Waals surface area contributed by atoms with E-state index in [2.05, 4.69) is 20.1 Å². The van der Waals surface area contributed by atoms with E-state index in [9.17, 15) is 19.5 Å². The van der Waals surface area contributed by atoms with Crippen LogP contribution in [0.1, 0.15) is 32.6 Å². The second-order valence-corrected chi connectivity index (χ2v) is 8.75. The van der Waals surface area contributed by atoms with Gasteiger partial charge in [-0.15, -0.1) is 13.2 Å². The van der Waals surface area contributed by atoms with Crippen molar-refractivity contribution in [3.63, 3.8) is 0 Å². The number of carbonyl (C=O) groups excluding carboxylic acids is 3. The van der Waals surface area contributed by atoms with Crippen LogP contribution in [0.5, 0.6) is 0 Å². The number of β-amino-alcohol motifs (C(OH)–C–C–N with tert-alkyl or cyclic N) is 1. The molecular weight excluding hydrogens is 398 g/mol. The average Bonchev–Trinajstić information content (AvgIpc) is 3.38. The Balaban J connectivity index is 1.98. The van der Waals surface area contributed by atoms with Gasteiger partial charge in [-0.3, -0.25) is 14.4 Å². The summed E-state index contributed by atoms with van der Waals surface area (Å²) in [5.41, 5.74) is -1.02. The molecule has 1 spiro atoms. The summed E-state index contributed by atoms with van der Waals surface area (Å²) in [5, 5.41) is 9.63. The van der Waals surface area contributed by atoms with Crippen molar-refractivity contribution in [3.05, 3.63) is 25.3 Å². The van der Waals surface area contributed by atoms with E-state index in [1.54, 1.807) is 29.0 Å². The lowest BCUT2D eigenvalue weighted by atomic mass is 9.70. The molecular formula is C23H35N3O5. The minimum atomic E-state index is -1.02. The average molecular weight is 434 g/mol. The van der Waals surface area contributed by atoms with Crippen molar-refractivity contribution in [2.24, 2.45) is 11.8 Å². The Morgan fingerprint density at radius 2 is 2.00 bits per heavy atom. The summed E-state index contributed by atoms with van der Waals surface area (Å²) in [5.74, 6) is -1.94.